The lowest BCUT2D eigenvalue weighted by Crippen LogP contribution is -2.48. The molecule has 51 heavy (non-hydrogen) atoms. The molecule has 0 bridgehead atoms. The van der Waals surface area contributed by atoms with Crippen LogP contribution in [-0.2, 0) is 17.6 Å². The number of hydrogen-bond donors (Lipinski definition) is 0. The second-order valence-corrected chi connectivity index (χ2v) is 14.1. The lowest BCUT2D eigenvalue weighted by Gasteiger charge is -2.36. The molecule has 0 N–H and O–H groups in total. The molecule has 6 nitrogen and oxygen atoms in total. The number of anilines is 1. The van der Waals surface area contributed by atoms with Crippen molar-refractivity contribution in [2.24, 2.45) is 0 Å². The molecule has 1 aliphatic rings. The number of pyridine rings is 1. The van der Waals surface area contributed by atoms with Crippen molar-refractivity contribution in [3.8, 4) is 33.1 Å². The number of fused-ring (bicyclic) bond motifs is 1. The monoisotopic (exact) mass is 707 g/mol. The van der Waals surface area contributed by atoms with Gasteiger partial charge in [0.05, 0.1) is 22.8 Å². The molecule has 3 aromatic heterocycles. The summed E-state index contributed by atoms with van der Waals surface area (Å²) in [6.07, 6.45) is 4.19. The van der Waals surface area contributed by atoms with Crippen LogP contribution in [0.1, 0.15) is 47.7 Å². The van der Waals surface area contributed by atoms with Crippen LogP contribution in [0.2, 0.25) is 0 Å². The van der Waals surface area contributed by atoms with E-state index >= 15 is 4.39 Å². The van der Waals surface area contributed by atoms with E-state index < -0.39 is 0 Å². The van der Waals surface area contributed by atoms with Gasteiger partial charge >= 0.3 is 0 Å². The van der Waals surface area contributed by atoms with Gasteiger partial charge in [-0.3, -0.25) is 9.20 Å². The fourth-order valence-electron chi connectivity index (χ4n) is 6.88. The molecule has 0 saturated carbocycles. The number of thiazole rings is 1. The largest absolute Gasteiger partial charge is 0.367 e. The van der Waals surface area contributed by atoms with Gasteiger partial charge in [0.2, 0.25) is 5.91 Å². The average Bonchev–Trinajstić information content (AvgIpc) is 3.78. The van der Waals surface area contributed by atoms with Gasteiger partial charge < -0.3 is 9.80 Å². The third-order valence-electron chi connectivity index (χ3n) is 10.1. The summed E-state index contributed by atoms with van der Waals surface area (Å²) >= 11 is 1.43. The Morgan fingerprint density at radius 2 is 1.57 bits per heavy atom. The second kappa shape index (κ2) is 14.3. The fourth-order valence-corrected chi connectivity index (χ4v) is 7.80. The Morgan fingerprint density at radius 1 is 0.824 bits per heavy atom. The lowest BCUT2D eigenvalue weighted by atomic mass is 10.0. The number of carbonyl (C=O) groups is 1. The highest BCUT2D eigenvalue weighted by molar-refractivity contribution is 7.13. The summed E-state index contributed by atoms with van der Waals surface area (Å²) in [4.78, 5) is 26.8. The first-order valence-electron chi connectivity index (χ1n) is 17.4. The number of benzene rings is 3. The van der Waals surface area contributed by atoms with Gasteiger partial charge in [-0.15, -0.1) is 11.3 Å². The highest BCUT2D eigenvalue weighted by Gasteiger charge is 2.24. The van der Waals surface area contributed by atoms with Crippen LogP contribution in [0.3, 0.4) is 0 Å². The van der Waals surface area contributed by atoms with E-state index in [9.17, 15) is 13.6 Å². The van der Waals surface area contributed by atoms with E-state index in [0.29, 0.717) is 84.7 Å². The third-order valence-corrected chi connectivity index (χ3v) is 11.0. The number of imidazole rings is 1. The number of halogens is 3. The number of amides is 1. The number of nitrogens with zero attached hydrogens (tertiary/aromatic N) is 5. The molecule has 0 atom stereocenters. The molecule has 0 radical (unpaired) electrons. The van der Waals surface area contributed by atoms with Crippen LogP contribution in [-0.4, -0.2) is 51.4 Å². The standard InChI is InChI=1S/C41H40F3N5OS/c1-5-34-40(33-17-16-32(27(4)39(33)44)41-46-35(24-51-41)28-11-13-30(42)14-12-28)49-23-31(15-18-36(49)45-34)47-19-21-48(22-20-47)37(50)8-6-7-29-10-9-25(2)26(3)38(29)43/h9-18,23-24H,5-8,19-22H2,1-4H3. The Bertz CT molecular complexity index is 2230. The Morgan fingerprint density at radius 3 is 2.31 bits per heavy atom. The lowest BCUT2D eigenvalue weighted by molar-refractivity contribution is -0.131. The molecule has 4 heterocycles. The van der Waals surface area contributed by atoms with E-state index in [1.54, 1.807) is 26.0 Å². The van der Waals surface area contributed by atoms with Gasteiger partial charge in [-0.1, -0.05) is 25.1 Å². The van der Waals surface area contributed by atoms with E-state index in [1.165, 1.54) is 23.5 Å². The number of rotatable bonds is 9. The number of aromatic nitrogens is 3. The van der Waals surface area contributed by atoms with Gasteiger partial charge in [0, 0.05) is 60.9 Å². The molecule has 1 saturated heterocycles. The minimum Gasteiger partial charge on any atom is -0.367 e. The first-order chi connectivity index (χ1) is 24.6. The van der Waals surface area contributed by atoms with Crippen molar-refractivity contribution in [3.63, 3.8) is 0 Å². The summed E-state index contributed by atoms with van der Waals surface area (Å²) in [5.74, 6) is -0.694. The zero-order valence-electron chi connectivity index (χ0n) is 29.3. The quantitative estimate of drug-likeness (QED) is 0.150. The molecule has 3 aromatic carbocycles. The maximum atomic E-state index is 16.4. The van der Waals surface area contributed by atoms with Crippen molar-refractivity contribution in [1.82, 2.24) is 19.3 Å². The number of piperazine rings is 1. The topological polar surface area (TPSA) is 53.7 Å². The van der Waals surface area contributed by atoms with E-state index in [1.807, 2.05) is 71.1 Å². The molecule has 1 amide bonds. The van der Waals surface area contributed by atoms with Gasteiger partial charge in [0.25, 0.3) is 0 Å². The maximum absolute atomic E-state index is 16.4. The van der Waals surface area contributed by atoms with Crippen LogP contribution >= 0.6 is 11.3 Å². The van der Waals surface area contributed by atoms with E-state index in [2.05, 4.69) is 4.90 Å². The number of hydrogen-bond acceptors (Lipinski definition) is 5. The van der Waals surface area contributed by atoms with E-state index in [4.69, 9.17) is 9.97 Å². The summed E-state index contributed by atoms with van der Waals surface area (Å²) in [6.45, 7) is 10.0. The molecule has 7 rings (SSSR count). The second-order valence-electron chi connectivity index (χ2n) is 13.2. The van der Waals surface area contributed by atoms with Crippen molar-refractivity contribution >= 4 is 28.6 Å². The Balaban J connectivity index is 1.07. The minimum atomic E-state index is -0.319. The van der Waals surface area contributed by atoms with Gasteiger partial charge in [0.1, 0.15) is 28.1 Å². The van der Waals surface area contributed by atoms with Crippen molar-refractivity contribution < 1.29 is 18.0 Å². The molecule has 262 valence electrons. The predicted molar refractivity (Wildman–Crippen MR) is 199 cm³/mol. The Labute approximate surface area is 300 Å². The highest BCUT2D eigenvalue weighted by Crippen LogP contribution is 2.37. The molecule has 1 fully saturated rings. The molecule has 1 aliphatic heterocycles. The smallest absolute Gasteiger partial charge is 0.222 e. The third kappa shape index (κ3) is 6.77. The first kappa shape index (κ1) is 34.5. The normalized spacial score (nSPS) is 13.4. The van der Waals surface area contributed by atoms with Crippen LogP contribution in [0, 0.1) is 38.2 Å². The van der Waals surface area contributed by atoms with Gasteiger partial charge in [-0.25, -0.2) is 23.1 Å². The molecule has 0 unspecified atom stereocenters. The fraction of sp³-hybridized carbons (Fsp3) is 0.293. The van der Waals surface area contributed by atoms with E-state index in [-0.39, 0.29) is 23.4 Å². The van der Waals surface area contributed by atoms with Crippen LogP contribution in [0.25, 0.3) is 38.7 Å². The minimum absolute atomic E-state index is 0.0950. The van der Waals surface area contributed by atoms with Gasteiger partial charge in [-0.05, 0) is 105 Å². The average molecular weight is 708 g/mol. The van der Waals surface area contributed by atoms with Crippen molar-refractivity contribution in [2.75, 3.05) is 31.1 Å². The zero-order valence-corrected chi connectivity index (χ0v) is 30.1. The summed E-state index contributed by atoms with van der Waals surface area (Å²) < 4.78 is 46.4. The Kier molecular flexibility index (Phi) is 9.70. The SMILES string of the molecule is CCc1nc2ccc(N3CCN(C(=O)CCCc4ccc(C)c(C)c4F)CC3)cn2c1-c1ccc(-c2nc(-c3ccc(F)cc3)cs2)c(C)c1F. The van der Waals surface area contributed by atoms with Crippen molar-refractivity contribution in [2.45, 2.75) is 53.4 Å². The summed E-state index contributed by atoms with van der Waals surface area (Å²) in [5.41, 5.74) is 8.73. The van der Waals surface area contributed by atoms with Gasteiger partial charge in [0.15, 0.2) is 0 Å². The number of carbonyl (C=O) groups excluding carboxylic acids is 1. The van der Waals surface area contributed by atoms with Crippen molar-refractivity contribution in [3.05, 3.63) is 118 Å². The highest BCUT2D eigenvalue weighted by atomic mass is 32.1. The van der Waals surface area contributed by atoms with Crippen LogP contribution in [0.4, 0.5) is 18.9 Å². The summed E-state index contributed by atoms with van der Waals surface area (Å²) in [6, 6.07) is 17.7. The molecule has 0 aliphatic carbocycles. The number of aryl methyl sites for hydroxylation is 3. The van der Waals surface area contributed by atoms with Crippen LogP contribution in [0.15, 0.2) is 72.2 Å². The molecular formula is C41H40F3N5OS. The van der Waals surface area contributed by atoms with Gasteiger partial charge in [-0.2, -0.15) is 0 Å². The maximum Gasteiger partial charge on any atom is 0.222 e. The first-order valence-corrected chi connectivity index (χ1v) is 18.3. The van der Waals surface area contributed by atoms with E-state index in [0.717, 1.165) is 39.5 Å². The molecule has 0 spiro atoms. The Hall–Kier alpha value is -4.96. The molecular weight excluding hydrogens is 668 g/mol. The zero-order chi connectivity index (χ0) is 35.8. The molecule has 10 heteroatoms. The summed E-state index contributed by atoms with van der Waals surface area (Å²) in [5, 5.41) is 2.60. The molecule has 6 aromatic rings. The summed E-state index contributed by atoms with van der Waals surface area (Å²) in [7, 11) is 0. The van der Waals surface area contributed by atoms with Crippen LogP contribution in [0.5, 0.6) is 0 Å². The van der Waals surface area contributed by atoms with Crippen molar-refractivity contribution in [1.29, 1.82) is 0 Å². The van der Waals surface area contributed by atoms with Crippen LogP contribution < -0.4 is 4.90 Å². The predicted octanol–water partition coefficient (Wildman–Crippen LogP) is 9.37.